The largest absolute Gasteiger partial charge is 0.494 e. The Hall–Kier alpha value is -3.53. The summed E-state index contributed by atoms with van der Waals surface area (Å²) in [7, 11) is 0. The molecule has 0 aromatic heterocycles. The minimum Gasteiger partial charge on any atom is -0.494 e. The molecule has 0 bridgehead atoms. The van der Waals surface area contributed by atoms with Gasteiger partial charge in [0.05, 0.1) is 23.9 Å². The van der Waals surface area contributed by atoms with Crippen molar-refractivity contribution < 1.29 is 9.53 Å². The third kappa shape index (κ3) is 4.21. The molecule has 1 aliphatic carbocycles. The van der Waals surface area contributed by atoms with Gasteiger partial charge in [-0.3, -0.25) is 4.79 Å². The maximum absolute atomic E-state index is 13.4. The molecule has 4 heteroatoms. The molecule has 34 heavy (non-hydrogen) atoms. The minimum atomic E-state index is -0.108. The lowest BCUT2D eigenvalue weighted by Gasteiger charge is -2.38. The van der Waals surface area contributed by atoms with Gasteiger partial charge in [0.15, 0.2) is 0 Å². The summed E-state index contributed by atoms with van der Waals surface area (Å²) in [5.41, 5.74) is 6.19. The van der Waals surface area contributed by atoms with Gasteiger partial charge >= 0.3 is 0 Å². The van der Waals surface area contributed by atoms with E-state index in [4.69, 9.17) is 4.74 Å². The maximum Gasteiger partial charge on any atom is 0.257 e. The Morgan fingerprint density at radius 2 is 1.82 bits per heavy atom. The van der Waals surface area contributed by atoms with Gasteiger partial charge in [0.2, 0.25) is 0 Å². The van der Waals surface area contributed by atoms with E-state index in [1.807, 2.05) is 43.3 Å². The lowest BCUT2D eigenvalue weighted by atomic mass is 9.76. The molecule has 2 N–H and O–H groups in total. The second kappa shape index (κ2) is 9.38. The summed E-state index contributed by atoms with van der Waals surface area (Å²) < 4.78 is 5.51. The zero-order valence-electron chi connectivity index (χ0n) is 20.0. The molecule has 1 amide bonds. The first-order chi connectivity index (χ1) is 16.5. The Bertz CT molecular complexity index is 1200. The third-order valence-corrected chi connectivity index (χ3v) is 7.03. The molecule has 3 aromatic rings. The second-order valence-corrected chi connectivity index (χ2v) is 9.48. The molecule has 0 fully saturated rings. The van der Waals surface area contributed by atoms with Gasteiger partial charge in [-0.05, 0) is 72.2 Å². The van der Waals surface area contributed by atoms with Crippen LogP contribution < -0.4 is 15.4 Å². The maximum atomic E-state index is 13.4. The normalized spacial score (nSPS) is 20.4. The van der Waals surface area contributed by atoms with Crippen LogP contribution in [0.3, 0.4) is 0 Å². The summed E-state index contributed by atoms with van der Waals surface area (Å²) in [5.74, 6) is 1.95. The number of carbonyl (C=O) groups is 1. The average molecular weight is 453 g/mol. The number of nitrogens with one attached hydrogen (secondary N) is 2. The fourth-order valence-electron chi connectivity index (χ4n) is 5.23. The number of hydrogen-bond acceptors (Lipinski definition) is 3. The summed E-state index contributed by atoms with van der Waals surface area (Å²) in [6.07, 6.45) is 5.64. The molecule has 0 saturated heterocycles. The highest BCUT2D eigenvalue weighted by molar-refractivity contribution is 6.08. The quantitative estimate of drug-likeness (QED) is 0.386. The number of carbonyl (C=O) groups excluding carboxylic acids is 1. The van der Waals surface area contributed by atoms with Gasteiger partial charge in [-0.1, -0.05) is 62.4 Å². The van der Waals surface area contributed by atoms with Crippen molar-refractivity contribution in [2.24, 2.45) is 5.92 Å². The average Bonchev–Trinajstić information content (AvgIpc) is 3.35. The van der Waals surface area contributed by atoms with Crippen LogP contribution in [-0.4, -0.2) is 12.5 Å². The molecule has 0 radical (unpaired) electrons. The Balaban J connectivity index is 1.45. The van der Waals surface area contributed by atoms with Crippen LogP contribution in [-0.2, 0) is 0 Å². The summed E-state index contributed by atoms with van der Waals surface area (Å²) in [4.78, 5) is 13.4. The highest BCUT2D eigenvalue weighted by Gasteiger charge is 2.39. The number of allylic oxidation sites excluding steroid dienone is 2. The van der Waals surface area contributed by atoms with E-state index in [0.717, 1.165) is 23.5 Å². The van der Waals surface area contributed by atoms with Crippen molar-refractivity contribution in [2.75, 3.05) is 17.2 Å². The molecule has 3 aromatic carbocycles. The topological polar surface area (TPSA) is 50.4 Å². The third-order valence-electron chi connectivity index (χ3n) is 7.03. The van der Waals surface area contributed by atoms with Gasteiger partial charge in [0.1, 0.15) is 5.75 Å². The van der Waals surface area contributed by atoms with Gasteiger partial charge in [-0.25, -0.2) is 0 Å². The van der Waals surface area contributed by atoms with Crippen LogP contribution in [0.25, 0.3) is 0 Å². The van der Waals surface area contributed by atoms with E-state index in [-0.39, 0.29) is 11.9 Å². The molecule has 3 atom stereocenters. The van der Waals surface area contributed by atoms with E-state index in [1.165, 1.54) is 16.7 Å². The first-order valence-corrected chi connectivity index (χ1v) is 12.3. The number of fused-ring (bicyclic) bond motifs is 3. The predicted octanol–water partition coefficient (Wildman–Crippen LogP) is 7.29. The molecule has 174 valence electrons. The number of benzene rings is 3. The first-order valence-electron chi connectivity index (χ1n) is 12.3. The molecule has 5 rings (SSSR count). The van der Waals surface area contributed by atoms with Crippen molar-refractivity contribution in [3.8, 4) is 5.75 Å². The van der Waals surface area contributed by atoms with E-state index in [2.05, 4.69) is 67.0 Å². The zero-order chi connectivity index (χ0) is 23.7. The molecule has 3 unspecified atom stereocenters. The number of amides is 1. The SMILES string of the molecule is CCOc1ccc(NC(=O)c2cccc3c2NC(c2ccc(C(C)C)cc2)C2CC=CC32)cc1. The molecular formula is C30H32N2O2. The van der Waals surface area contributed by atoms with E-state index in [1.54, 1.807) is 0 Å². The fraction of sp³-hybridized carbons (Fsp3) is 0.300. The second-order valence-electron chi connectivity index (χ2n) is 9.48. The van der Waals surface area contributed by atoms with Crippen molar-refractivity contribution in [3.63, 3.8) is 0 Å². The van der Waals surface area contributed by atoms with E-state index in [0.29, 0.717) is 29.9 Å². The number of rotatable bonds is 6. The summed E-state index contributed by atoms with van der Waals surface area (Å²) in [6.45, 7) is 7.01. The highest BCUT2D eigenvalue weighted by atomic mass is 16.5. The van der Waals surface area contributed by atoms with Crippen LogP contribution in [0.5, 0.6) is 5.75 Å². The summed E-state index contributed by atoms with van der Waals surface area (Å²) in [5, 5.41) is 6.83. The van der Waals surface area contributed by atoms with E-state index >= 15 is 0 Å². The predicted molar refractivity (Wildman–Crippen MR) is 139 cm³/mol. The Morgan fingerprint density at radius 1 is 1.06 bits per heavy atom. The Labute approximate surface area is 202 Å². The molecule has 0 saturated carbocycles. The van der Waals surface area contributed by atoms with Gasteiger partial charge in [0.25, 0.3) is 5.91 Å². The minimum absolute atomic E-state index is 0.108. The first kappa shape index (κ1) is 22.3. The Kier molecular flexibility index (Phi) is 6.14. The van der Waals surface area contributed by atoms with Crippen LogP contribution in [0.2, 0.25) is 0 Å². The molecular weight excluding hydrogens is 420 g/mol. The molecule has 4 nitrogen and oxygen atoms in total. The van der Waals surface area contributed by atoms with Crippen molar-refractivity contribution in [1.82, 2.24) is 0 Å². The fourth-order valence-corrected chi connectivity index (χ4v) is 5.23. The lowest BCUT2D eigenvalue weighted by molar-refractivity contribution is 0.102. The Morgan fingerprint density at radius 3 is 2.53 bits per heavy atom. The van der Waals surface area contributed by atoms with Crippen molar-refractivity contribution in [2.45, 2.75) is 45.1 Å². The highest BCUT2D eigenvalue weighted by Crippen LogP contribution is 2.50. The number of anilines is 2. The standard InChI is InChI=1S/C30H32N2O2/c1-4-34-23-17-15-22(16-18-23)31-30(33)27-10-6-9-26-24-7-5-8-25(24)28(32-29(26)27)21-13-11-20(12-14-21)19(2)3/h5-7,9-19,24-25,28,32H,4,8H2,1-3H3,(H,31,33). The van der Waals surface area contributed by atoms with Crippen LogP contribution in [0.1, 0.15) is 72.1 Å². The van der Waals surface area contributed by atoms with Crippen molar-refractivity contribution in [3.05, 3.63) is 101 Å². The smallest absolute Gasteiger partial charge is 0.257 e. The van der Waals surface area contributed by atoms with Crippen LogP contribution >= 0.6 is 0 Å². The number of para-hydroxylation sites is 1. The van der Waals surface area contributed by atoms with Crippen LogP contribution in [0.15, 0.2) is 78.9 Å². The summed E-state index contributed by atoms with van der Waals surface area (Å²) in [6, 6.07) is 22.7. The monoisotopic (exact) mass is 452 g/mol. The van der Waals surface area contributed by atoms with Gasteiger partial charge in [0, 0.05) is 11.6 Å². The van der Waals surface area contributed by atoms with Crippen molar-refractivity contribution in [1.29, 1.82) is 0 Å². The molecule has 1 aliphatic heterocycles. The number of hydrogen-bond donors (Lipinski definition) is 2. The lowest BCUT2D eigenvalue weighted by Crippen LogP contribution is -2.31. The van der Waals surface area contributed by atoms with Gasteiger partial charge in [-0.2, -0.15) is 0 Å². The van der Waals surface area contributed by atoms with Crippen LogP contribution in [0, 0.1) is 5.92 Å². The van der Waals surface area contributed by atoms with Crippen LogP contribution in [0.4, 0.5) is 11.4 Å². The number of ether oxygens (including phenoxy) is 1. The molecule has 2 aliphatic rings. The molecule has 0 spiro atoms. The van der Waals surface area contributed by atoms with Gasteiger partial charge in [-0.15, -0.1) is 0 Å². The molecule has 1 heterocycles. The van der Waals surface area contributed by atoms with Gasteiger partial charge < -0.3 is 15.4 Å². The van der Waals surface area contributed by atoms with Crippen molar-refractivity contribution >= 4 is 17.3 Å². The van der Waals surface area contributed by atoms with E-state index < -0.39 is 0 Å². The van der Waals surface area contributed by atoms with E-state index in [9.17, 15) is 4.79 Å². The zero-order valence-corrected chi connectivity index (χ0v) is 20.0. The summed E-state index contributed by atoms with van der Waals surface area (Å²) >= 11 is 0.